The van der Waals surface area contributed by atoms with Crippen LogP contribution in [-0.4, -0.2) is 30.2 Å². The molecule has 0 saturated heterocycles. The van der Waals surface area contributed by atoms with Gasteiger partial charge in [-0.1, -0.05) is 19.1 Å². The molecule has 2 N–H and O–H groups in total. The summed E-state index contributed by atoms with van der Waals surface area (Å²) in [4.78, 5) is 17.2. The second-order valence-electron chi connectivity index (χ2n) is 7.10. The van der Waals surface area contributed by atoms with Gasteiger partial charge in [0.2, 0.25) is 5.91 Å². The summed E-state index contributed by atoms with van der Waals surface area (Å²) in [5, 5.41) is 9.89. The number of benzene rings is 1. The molecule has 0 atom stereocenters. The molecule has 0 saturated carbocycles. The van der Waals surface area contributed by atoms with E-state index in [9.17, 15) is 4.79 Å². The Balaban J connectivity index is 1.43. The molecule has 8 heteroatoms. The predicted molar refractivity (Wildman–Crippen MR) is 111 cm³/mol. The Morgan fingerprint density at radius 2 is 2.11 bits per heavy atom. The lowest BCUT2D eigenvalue weighted by atomic mass is 10.1. The third kappa shape index (κ3) is 3.91. The first-order valence-corrected chi connectivity index (χ1v) is 10.2. The predicted octanol–water partition coefficient (Wildman–Crippen LogP) is 3.73. The van der Waals surface area contributed by atoms with Gasteiger partial charge in [0.15, 0.2) is 4.77 Å². The number of carbonyl (C=O) groups excluding carboxylic acids is 1. The van der Waals surface area contributed by atoms with Crippen LogP contribution >= 0.6 is 12.2 Å². The Labute approximate surface area is 168 Å². The van der Waals surface area contributed by atoms with Crippen LogP contribution in [0.25, 0.3) is 11.3 Å². The van der Waals surface area contributed by atoms with E-state index in [4.69, 9.17) is 17.2 Å². The molecule has 0 fully saturated rings. The highest BCUT2D eigenvalue weighted by atomic mass is 32.1. The van der Waals surface area contributed by atoms with E-state index in [-0.39, 0.29) is 12.5 Å². The molecule has 0 bridgehead atoms. The van der Waals surface area contributed by atoms with Gasteiger partial charge in [-0.05, 0) is 43.6 Å². The number of fused-ring (bicyclic) bond motifs is 1. The third-order valence-corrected chi connectivity index (χ3v) is 5.30. The summed E-state index contributed by atoms with van der Waals surface area (Å²) in [5.74, 6) is 1.85. The highest BCUT2D eigenvalue weighted by Crippen LogP contribution is 2.24. The lowest BCUT2D eigenvalue weighted by Crippen LogP contribution is -2.20. The van der Waals surface area contributed by atoms with Gasteiger partial charge in [-0.3, -0.25) is 14.5 Å². The first-order chi connectivity index (χ1) is 13.6. The normalized spacial score (nSPS) is 13.3. The minimum Gasteiger partial charge on any atom is -0.334 e. The fraction of sp³-hybridized carbons (Fsp3) is 0.400. The average Bonchev–Trinajstić information content (AvgIpc) is 3.27. The van der Waals surface area contributed by atoms with Gasteiger partial charge in [-0.15, -0.1) is 0 Å². The first kappa shape index (κ1) is 18.6. The summed E-state index contributed by atoms with van der Waals surface area (Å²) in [6.45, 7) is 3.27. The molecule has 2 aromatic heterocycles. The van der Waals surface area contributed by atoms with Gasteiger partial charge >= 0.3 is 0 Å². The number of aryl methyl sites for hydroxylation is 3. The number of imidazole rings is 1. The van der Waals surface area contributed by atoms with Gasteiger partial charge in [0.1, 0.15) is 18.2 Å². The summed E-state index contributed by atoms with van der Waals surface area (Å²) in [7, 11) is 0. The fourth-order valence-electron chi connectivity index (χ4n) is 3.55. The number of rotatable bonds is 6. The molecule has 1 aliphatic rings. The van der Waals surface area contributed by atoms with Crippen LogP contribution in [0.1, 0.15) is 37.8 Å². The smallest absolute Gasteiger partial charge is 0.244 e. The Morgan fingerprint density at radius 3 is 2.86 bits per heavy atom. The van der Waals surface area contributed by atoms with Gasteiger partial charge in [0.25, 0.3) is 0 Å². The van der Waals surface area contributed by atoms with Crippen molar-refractivity contribution in [3.8, 4) is 11.3 Å². The molecule has 1 amide bonds. The van der Waals surface area contributed by atoms with Crippen molar-refractivity contribution in [3.63, 3.8) is 0 Å². The number of H-pyrrole nitrogens is 1. The van der Waals surface area contributed by atoms with Crippen LogP contribution in [0, 0.1) is 4.77 Å². The number of hydrogen-bond acceptors (Lipinski definition) is 4. The van der Waals surface area contributed by atoms with Crippen LogP contribution < -0.4 is 5.32 Å². The van der Waals surface area contributed by atoms with Crippen molar-refractivity contribution in [3.05, 3.63) is 46.9 Å². The number of nitrogens with zero attached hydrogens (tertiary/aromatic N) is 4. The van der Waals surface area contributed by atoms with Crippen LogP contribution in [0.5, 0.6) is 0 Å². The van der Waals surface area contributed by atoms with E-state index < -0.39 is 0 Å². The number of aromatic amines is 1. The maximum atomic E-state index is 12.4. The second kappa shape index (κ2) is 8.10. The number of hydrogen-bond donors (Lipinski definition) is 2. The Hall–Kier alpha value is -2.74. The summed E-state index contributed by atoms with van der Waals surface area (Å²) >= 11 is 5.23. The third-order valence-electron chi connectivity index (χ3n) is 4.99. The van der Waals surface area contributed by atoms with Crippen LogP contribution in [0.4, 0.5) is 5.69 Å². The van der Waals surface area contributed by atoms with E-state index in [0.717, 1.165) is 48.6 Å². The Morgan fingerprint density at radius 1 is 1.29 bits per heavy atom. The van der Waals surface area contributed by atoms with Gasteiger partial charge in [0.05, 0.1) is 5.69 Å². The van der Waals surface area contributed by atoms with Crippen molar-refractivity contribution >= 4 is 23.8 Å². The number of anilines is 1. The molecule has 146 valence electrons. The monoisotopic (exact) mass is 396 g/mol. The highest BCUT2D eigenvalue weighted by molar-refractivity contribution is 7.71. The molecule has 1 aliphatic heterocycles. The average molecular weight is 397 g/mol. The molecule has 0 spiro atoms. The minimum absolute atomic E-state index is 0.125. The van der Waals surface area contributed by atoms with Crippen LogP contribution in [0.3, 0.4) is 0 Å². The number of carbonyl (C=O) groups is 1. The van der Waals surface area contributed by atoms with Gasteiger partial charge in [0, 0.05) is 36.8 Å². The molecule has 3 aromatic rings. The van der Waals surface area contributed by atoms with Crippen molar-refractivity contribution in [2.24, 2.45) is 0 Å². The van der Waals surface area contributed by atoms with Gasteiger partial charge in [-0.25, -0.2) is 4.98 Å². The Bertz CT molecular complexity index is 1010. The molecule has 0 radical (unpaired) electrons. The van der Waals surface area contributed by atoms with Gasteiger partial charge < -0.3 is 9.88 Å². The standard InChI is InChI=1S/C20H24N6OS/c1-2-5-18-23-24-20(28)26(18)13-19(27)21-15-9-7-14(8-10-15)16-12-25-11-4-3-6-17(25)22-16/h7-10,12H,2-6,11,13H2,1H3,(H,21,27)(H,24,28). The highest BCUT2D eigenvalue weighted by Gasteiger charge is 2.14. The maximum absolute atomic E-state index is 12.4. The minimum atomic E-state index is -0.125. The summed E-state index contributed by atoms with van der Waals surface area (Å²) in [6.07, 6.45) is 7.32. The van der Waals surface area contributed by atoms with Crippen LogP contribution in [-0.2, 0) is 30.7 Å². The van der Waals surface area contributed by atoms with E-state index in [1.807, 2.05) is 24.3 Å². The van der Waals surface area contributed by atoms with Crippen molar-refractivity contribution < 1.29 is 4.79 Å². The van der Waals surface area contributed by atoms with E-state index >= 15 is 0 Å². The SMILES string of the molecule is CCCc1n[nH]c(=S)n1CC(=O)Nc1ccc(-c2cn3c(n2)CCCC3)cc1. The van der Waals surface area contributed by atoms with Crippen molar-refractivity contribution in [1.82, 2.24) is 24.3 Å². The zero-order valence-corrected chi connectivity index (χ0v) is 16.8. The molecule has 1 aromatic carbocycles. The summed E-state index contributed by atoms with van der Waals surface area (Å²) < 4.78 is 4.47. The molecule has 0 unspecified atom stereocenters. The number of amides is 1. The van der Waals surface area contributed by atoms with E-state index in [2.05, 4.69) is 33.2 Å². The fourth-order valence-corrected chi connectivity index (χ4v) is 3.76. The van der Waals surface area contributed by atoms with Crippen molar-refractivity contribution in [1.29, 1.82) is 0 Å². The lowest BCUT2D eigenvalue weighted by molar-refractivity contribution is -0.116. The number of aromatic nitrogens is 5. The van der Waals surface area contributed by atoms with E-state index in [1.54, 1.807) is 4.57 Å². The largest absolute Gasteiger partial charge is 0.334 e. The number of nitrogens with one attached hydrogen (secondary N) is 2. The molecular formula is C20H24N6OS. The topological polar surface area (TPSA) is 80.5 Å². The maximum Gasteiger partial charge on any atom is 0.244 e. The second-order valence-corrected chi connectivity index (χ2v) is 7.49. The molecular weight excluding hydrogens is 372 g/mol. The molecule has 7 nitrogen and oxygen atoms in total. The van der Waals surface area contributed by atoms with Crippen LogP contribution in [0.15, 0.2) is 30.5 Å². The zero-order valence-electron chi connectivity index (χ0n) is 15.9. The molecule has 28 heavy (non-hydrogen) atoms. The zero-order chi connectivity index (χ0) is 19.5. The van der Waals surface area contributed by atoms with E-state index in [0.29, 0.717) is 4.77 Å². The van der Waals surface area contributed by atoms with E-state index in [1.165, 1.54) is 18.7 Å². The lowest BCUT2D eigenvalue weighted by Gasteiger charge is -2.11. The molecule has 4 rings (SSSR count). The van der Waals surface area contributed by atoms with Crippen molar-refractivity contribution in [2.75, 3.05) is 5.32 Å². The Kier molecular flexibility index (Phi) is 5.38. The molecule has 0 aliphatic carbocycles. The summed E-state index contributed by atoms with van der Waals surface area (Å²) in [5.41, 5.74) is 2.80. The summed E-state index contributed by atoms with van der Waals surface area (Å²) in [6, 6.07) is 7.81. The quantitative estimate of drug-likeness (QED) is 0.622. The van der Waals surface area contributed by atoms with Gasteiger partial charge in [-0.2, -0.15) is 5.10 Å². The molecule has 3 heterocycles. The van der Waals surface area contributed by atoms with Crippen LogP contribution in [0.2, 0.25) is 0 Å². The van der Waals surface area contributed by atoms with Crippen molar-refractivity contribution in [2.45, 2.75) is 52.1 Å². The first-order valence-electron chi connectivity index (χ1n) is 9.74.